The van der Waals surface area contributed by atoms with E-state index in [-0.39, 0.29) is 5.97 Å². The van der Waals surface area contributed by atoms with Gasteiger partial charge in [0.25, 0.3) is 0 Å². The van der Waals surface area contributed by atoms with Crippen molar-refractivity contribution in [2.24, 2.45) is 0 Å². The van der Waals surface area contributed by atoms with E-state index < -0.39 is 0 Å². The van der Waals surface area contributed by atoms with Crippen LogP contribution in [-0.4, -0.2) is 25.3 Å². The number of fused-ring (bicyclic) bond motifs is 6. The van der Waals surface area contributed by atoms with Crippen molar-refractivity contribution in [1.82, 2.24) is 0 Å². The normalized spacial score (nSPS) is 20.0. The number of carbonyl (C=O) groups excluding carboxylic acids is 1. The van der Waals surface area contributed by atoms with Gasteiger partial charge >= 0.3 is 5.97 Å². The maximum Gasteiger partial charge on any atom is 0.342 e. The number of hydrogen-bond donors (Lipinski definition) is 1. The molecule has 1 atom stereocenters. The molecule has 30 heavy (non-hydrogen) atoms. The van der Waals surface area contributed by atoms with Crippen LogP contribution in [0.25, 0.3) is 21.7 Å². The van der Waals surface area contributed by atoms with Crippen LogP contribution in [0.15, 0.2) is 28.7 Å². The Hall–Kier alpha value is -2.53. The van der Waals surface area contributed by atoms with E-state index >= 15 is 0 Å². The molecule has 3 aromatic rings. The SMILES string of the molecule is CCOC(=O)c1c(C)oc2c1c1c(c3ccccc32)OC[NH+](C2CCCCCC2)C1. The lowest BCUT2D eigenvalue weighted by Gasteiger charge is -2.33. The fourth-order valence-electron chi connectivity index (χ4n) is 5.35. The number of carbonyl (C=O) groups is 1. The van der Waals surface area contributed by atoms with Crippen LogP contribution in [0.3, 0.4) is 0 Å². The summed E-state index contributed by atoms with van der Waals surface area (Å²) in [6.07, 6.45) is 7.77. The molecule has 1 saturated carbocycles. The Bertz CT molecular complexity index is 1090. The van der Waals surface area contributed by atoms with Gasteiger partial charge < -0.3 is 13.9 Å². The number of hydrogen-bond acceptors (Lipinski definition) is 4. The van der Waals surface area contributed by atoms with Gasteiger partial charge in [0.1, 0.15) is 29.2 Å². The van der Waals surface area contributed by atoms with E-state index in [1.165, 1.54) is 43.4 Å². The highest BCUT2D eigenvalue weighted by Gasteiger charge is 2.34. The lowest BCUT2D eigenvalue weighted by atomic mass is 9.95. The van der Waals surface area contributed by atoms with E-state index in [4.69, 9.17) is 13.9 Å². The summed E-state index contributed by atoms with van der Waals surface area (Å²) >= 11 is 0. The third kappa shape index (κ3) is 3.16. The largest absolute Gasteiger partial charge is 0.462 e. The summed E-state index contributed by atoms with van der Waals surface area (Å²) in [7, 11) is 0. The van der Waals surface area contributed by atoms with E-state index in [1.54, 1.807) is 0 Å². The first-order chi connectivity index (χ1) is 14.7. The van der Waals surface area contributed by atoms with Crippen LogP contribution in [0.1, 0.15) is 67.1 Å². The second-order valence-electron chi connectivity index (χ2n) is 8.62. The molecule has 0 amide bonds. The minimum Gasteiger partial charge on any atom is -0.462 e. The highest BCUT2D eigenvalue weighted by atomic mass is 16.5. The van der Waals surface area contributed by atoms with Crippen molar-refractivity contribution < 1.29 is 23.6 Å². The van der Waals surface area contributed by atoms with Crippen LogP contribution >= 0.6 is 0 Å². The lowest BCUT2D eigenvalue weighted by molar-refractivity contribution is -0.957. The maximum atomic E-state index is 12.9. The third-order valence-electron chi connectivity index (χ3n) is 6.79. The quantitative estimate of drug-likeness (QED) is 0.511. The lowest BCUT2D eigenvalue weighted by Crippen LogP contribution is -3.15. The molecule has 0 spiro atoms. The molecule has 0 radical (unpaired) electrons. The van der Waals surface area contributed by atoms with Crippen molar-refractivity contribution in [3.8, 4) is 5.75 Å². The third-order valence-corrected chi connectivity index (χ3v) is 6.79. The average molecular weight is 409 g/mol. The van der Waals surface area contributed by atoms with Gasteiger partial charge in [-0.2, -0.15) is 0 Å². The average Bonchev–Trinajstić information content (AvgIpc) is 2.92. The number of quaternary nitrogens is 1. The molecule has 1 aliphatic heterocycles. The van der Waals surface area contributed by atoms with Gasteiger partial charge in [-0.25, -0.2) is 4.79 Å². The second-order valence-corrected chi connectivity index (χ2v) is 8.62. The van der Waals surface area contributed by atoms with E-state index in [1.807, 2.05) is 32.0 Å². The summed E-state index contributed by atoms with van der Waals surface area (Å²) in [5, 5.41) is 2.93. The van der Waals surface area contributed by atoms with Crippen molar-refractivity contribution in [3.63, 3.8) is 0 Å². The molecule has 2 aromatic carbocycles. The first kappa shape index (κ1) is 19.4. The topological polar surface area (TPSA) is 53.1 Å². The Balaban J connectivity index is 1.70. The van der Waals surface area contributed by atoms with Gasteiger partial charge in [-0.1, -0.05) is 37.1 Å². The minimum atomic E-state index is -0.312. The number of ether oxygens (including phenoxy) is 2. The van der Waals surface area contributed by atoms with Crippen molar-refractivity contribution >= 4 is 27.7 Å². The van der Waals surface area contributed by atoms with Crippen molar-refractivity contribution in [3.05, 3.63) is 41.2 Å². The predicted octanol–water partition coefficient (Wildman–Crippen LogP) is 4.53. The standard InChI is InChI=1S/C25H29NO4/c1-3-28-25(27)21-16(2)30-24-19-13-9-8-12-18(19)23-20(22(21)24)14-26(15-29-23)17-10-6-4-5-7-11-17/h8-9,12-13,17H,3-7,10-11,14-15H2,1-2H3/p+1. The molecule has 1 fully saturated rings. The molecule has 158 valence electrons. The Morgan fingerprint density at radius 2 is 1.87 bits per heavy atom. The van der Waals surface area contributed by atoms with E-state index in [2.05, 4.69) is 6.07 Å². The summed E-state index contributed by atoms with van der Waals surface area (Å²) < 4.78 is 18.0. The van der Waals surface area contributed by atoms with Crippen LogP contribution in [0.2, 0.25) is 0 Å². The van der Waals surface area contributed by atoms with E-state index in [0.29, 0.717) is 30.7 Å². The summed E-state index contributed by atoms with van der Waals surface area (Å²) in [6.45, 7) is 5.57. The molecule has 1 aliphatic carbocycles. The van der Waals surface area contributed by atoms with Crippen LogP contribution < -0.4 is 9.64 Å². The molecule has 1 unspecified atom stereocenters. The molecule has 5 rings (SSSR count). The van der Waals surface area contributed by atoms with E-state index in [0.717, 1.165) is 39.6 Å². The molecule has 5 heteroatoms. The Morgan fingerprint density at radius 1 is 1.13 bits per heavy atom. The molecular formula is C25H30NO4+. The fraction of sp³-hybridized carbons (Fsp3) is 0.480. The maximum absolute atomic E-state index is 12.9. The number of esters is 1. The highest BCUT2D eigenvalue weighted by Crippen LogP contribution is 2.42. The van der Waals surface area contributed by atoms with Crippen molar-refractivity contribution in [2.45, 2.75) is 65.0 Å². The number of furan rings is 1. The van der Waals surface area contributed by atoms with Gasteiger partial charge in [-0.3, -0.25) is 4.90 Å². The molecular weight excluding hydrogens is 378 g/mol. The van der Waals surface area contributed by atoms with Crippen LogP contribution in [0.4, 0.5) is 0 Å². The van der Waals surface area contributed by atoms with Gasteiger partial charge in [-0.15, -0.1) is 0 Å². The number of rotatable bonds is 3. The van der Waals surface area contributed by atoms with Crippen LogP contribution in [-0.2, 0) is 11.3 Å². The zero-order valence-electron chi connectivity index (χ0n) is 17.9. The summed E-state index contributed by atoms with van der Waals surface area (Å²) in [5.74, 6) is 1.21. The molecule has 1 N–H and O–H groups in total. The van der Waals surface area contributed by atoms with Gasteiger partial charge in [0.15, 0.2) is 0 Å². The second kappa shape index (κ2) is 7.95. The van der Waals surface area contributed by atoms with Crippen molar-refractivity contribution in [2.75, 3.05) is 13.3 Å². The van der Waals surface area contributed by atoms with Gasteiger partial charge in [-0.05, 0) is 39.5 Å². The molecule has 0 bridgehead atoms. The predicted molar refractivity (Wildman–Crippen MR) is 116 cm³/mol. The van der Waals surface area contributed by atoms with E-state index in [9.17, 15) is 4.79 Å². The highest BCUT2D eigenvalue weighted by molar-refractivity contribution is 6.16. The first-order valence-electron chi connectivity index (χ1n) is 11.3. The first-order valence-corrected chi connectivity index (χ1v) is 11.3. The van der Waals surface area contributed by atoms with Gasteiger partial charge in [0, 0.05) is 16.2 Å². The molecule has 1 aromatic heterocycles. The smallest absolute Gasteiger partial charge is 0.342 e. The Kier molecular flexibility index (Phi) is 5.15. The summed E-state index contributed by atoms with van der Waals surface area (Å²) in [6, 6.07) is 8.78. The van der Waals surface area contributed by atoms with Gasteiger partial charge in [0.2, 0.25) is 6.73 Å². The Morgan fingerprint density at radius 3 is 2.60 bits per heavy atom. The number of benzene rings is 2. The molecule has 0 saturated heterocycles. The number of nitrogens with one attached hydrogen (secondary N) is 1. The summed E-state index contributed by atoms with van der Waals surface area (Å²) in [5.41, 5.74) is 2.42. The summed E-state index contributed by atoms with van der Waals surface area (Å²) in [4.78, 5) is 14.3. The van der Waals surface area contributed by atoms with Gasteiger partial charge in [0.05, 0.1) is 18.2 Å². The minimum absolute atomic E-state index is 0.312. The van der Waals surface area contributed by atoms with Crippen LogP contribution in [0, 0.1) is 6.92 Å². The zero-order chi connectivity index (χ0) is 20.7. The molecule has 5 nitrogen and oxygen atoms in total. The monoisotopic (exact) mass is 408 g/mol. The Labute approximate surface area is 176 Å². The molecule has 2 heterocycles. The molecule has 2 aliphatic rings. The van der Waals surface area contributed by atoms with Crippen molar-refractivity contribution in [1.29, 1.82) is 0 Å². The fourth-order valence-corrected chi connectivity index (χ4v) is 5.35. The zero-order valence-corrected chi connectivity index (χ0v) is 17.9. The number of aryl methyl sites for hydroxylation is 1. The van der Waals surface area contributed by atoms with Crippen LogP contribution in [0.5, 0.6) is 5.75 Å².